The Morgan fingerprint density at radius 3 is 2.80 bits per heavy atom. The van der Waals surface area contributed by atoms with Crippen LogP contribution in [0.2, 0.25) is 5.02 Å². The third kappa shape index (κ3) is 2.77. The molecule has 0 saturated carbocycles. The Bertz CT molecular complexity index is 549. The Hall–Kier alpha value is -1.62. The molecule has 0 spiro atoms. The Morgan fingerprint density at radius 1 is 1.50 bits per heavy atom. The molecule has 1 N–H and O–H groups in total. The zero-order valence-corrected chi connectivity index (χ0v) is 11.7. The highest BCUT2D eigenvalue weighted by atomic mass is 35.5. The van der Waals surface area contributed by atoms with Crippen LogP contribution in [0.4, 0.5) is 4.39 Å². The lowest BCUT2D eigenvalue weighted by molar-refractivity contribution is -0.145. The van der Waals surface area contributed by atoms with Crippen LogP contribution >= 0.6 is 11.6 Å². The van der Waals surface area contributed by atoms with Gasteiger partial charge in [0.15, 0.2) is 0 Å². The van der Waals surface area contributed by atoms with Crippen molar-refractivity contribution in [1.29, 1.82) is 0 Å². The van der Waals surface area contributed by atoms with Crippen LogP contribution in [0.25, 0.3) is 0 Å². The number of benzene rings is 1. The van der Waals surface area contributed by atoms with Gasteiger partial charge in [-0.05, 0) is 30.5 Å². The smallest absolute Gasteiger partial charge is 0.308 e. The summed E-state index contributed by atoms with van der Waals surface area (Å²) >= 11 is 5.76. The van der Waals surface area contributed by atoms with E-state index in [4.69, 9.17) is 11.6 Å². The average molecular weight is 300 g/mol. The van der Waals surface area contributed by atoms with E-state index in [-0.39, 0.29) is 10.9 Å². The fraction of sp³-hybridized carbons (Fsp3) is 0.429. The zero-order valence-electron chi connectivity index (χ0n) is 11.0. The molecule has 2 atom stereocenters. The average Bonchev–Trinajstić information content (AvgIpc) is 2.54. The van der Waals surface area contributed by atoms with E-state index in [0.717, 1.165) is 0 Å². The lowest BCUT2D eigenvalue weighted by atomic mass is 9.89. The number of hydrogen-bond donors (Lipinski definition) is 1. The second kappa shape index (κ2) is 5.79. The topological polar surface area (TPSA) is 57.6 Å². The predicted octanol–water partition coefficient (Wildman–Crippen LogP) is 2.86. The van der Waals surface area contributed by atoms with Crippen molar-refractivity contribution in [3.8, 4) is 0 Å². The van der Waals surface area contributed by atoms with Crippen LogP contribution < -0.4 is 0 Å². The lowest BCUT2D eigenvalue weighted by Gasteiger charge is -2.30. The van der Waals surface area contributed by atoms with Crippen molar-refractivity contribution in [2.75, 3.05) is 7.05 Å². The van der Waals surface area contributed by atoms with Gasteiger partial charge < -0.3 is 10.0 Å². The van der Waals surface area contributed by atoms with Crippen LogP contribution in [0.1, 0.15) is 30.9 Å². The summed E-state index contributed by atoms with van der Waals surface area (Å²) in [6.45, 7) is 0. The van der Waals surface area contributed by atoms with Crippen molar-refractivity contribution in [3.05, 3.63) is 34.6 Å². The number of aliphatic carboxylic acids is 1. The summed E-state index contributed by atoms with van der Waals surface area (Å²) in [7, 11) is 1.57. The van der Waals surface area contributed by atoms with Gasteiger partial charge in [0.05, 0.1) is 17.0 Å². The quantitative estimate of drug-likeness (QED) is 0.913. The van der Waals surface area contributed by atoms with Crippen LogP contribution in [0.3, 0.4) is 0 Å². The predicted molar refractivity (Wildman–Crippen MR) is 71.9 cm³/mol. The molecular formula is C14H15ClFNO3. The van der Waals surface area contributed by atoms with Crippen LogP contribution in [-0.4, -0.2) is 28.9 Å². The minimum Gasteiger partial charge on any atom is -0.481 e. The molecule has 1 heterocycles. The monoisotopic (exact) mass is 299 g/mol. The molecule has 0 aromatic heterocycles. The normalized spacial score (nSPS) is 23.6. The van der Waals surface area contributed by atoms with Crippen LogP contribution in [0.15, 0.2) is 18.2 Å². The van der Waals surface area contributed by atoms with Crippen molar-refractivity contribution in [1.82, 2.24) is 4.90 Å². The second-order valence-corrected chi connectivity index (χ2v) is 5.37. The molecule has 6 heteroatoms. The summed E-state index contributed by atoms with van der Waals surface area (Å²) < 4.78 is 13.2. The molecule has 20 heavy (non-hydrogen) atoms. The molecule has 4 nitrogen and oxygen atoms in total. The van der Waals surface area contributed by atoms with Gasteiger partial charge in [-0.3, -0.25) is 9.59 Å². The van der Waals surface area contributed by atoms with Crippen molar-refractivity contribution in [2.45, 2.75) is 25.3 Å². The van der Waals surface area contributed by atoms with Gasteiger partial charge in [0.1, 0.15) is 5.82 Å². The minimum absolute atomic E-state index is 0.0725. The summed E-state index contributed by atoms with van der Waals surface area (Å²) in [5.41, 5.74) is 0.543. The molecule has 1 aliphatic rings. The van der Waals surface area contributed by atoms with Gasteiger partial charge in [0, 0.05) is 13.5 Å². The van der Waals surface area contributed by atoms with Gasteiger partial charge in [0.25, 0.3) is 0 Å². The summed E-state index contributed by atoms with van der Waals surface area (Å²) in [4.78, 5) is 24.8. The Kier molecular flexibility index (Phi) is 4.28. The first-order valence-corrected chi connectivity index (χ1v) is 6.73. The Balaban J connectivity index is 2.47. The SMILES string of the molecule is CN1C(=O)CCCC(C(=O)O)C1c1ccc(F)c(Cl)c1. The molecule has 108 valence electrons. The summed E-state index contributed by atoms with van der Waals surface area (Å²) in [6.07, 6.45) is 1.27. The van der Waals surface area contributed by atoms with Gasteiger partial charge in [-0.2, -0.15) is 0 Å². The summed E-state index contributed by atoms with van der Waals surface area (Å²) in [5.74, 6) is -2.35. The van der Waals surface area contributed by atoms with Gasteiger partial charge in [-0.15, -0.1) is 0 Å². The molecule has 1 aromatic carbocycles. The first-order chi connectivity index (χ1) is 9.41. The van der Waals surface area contributed by atoms with Gasteiger partial charge >= 0.3 is 5.97 Å². The number of hydrogen-bond acceptors (Lipinski definition) is 2. The maximum Gasteiger partial charge on any atom is 0.308 e. The first-order valence-electron chi connectivity index (χ1n) is 6.35. The lowest BCUT2D eigenvalue weighted by Crippen LogP contribution is -2.36. The number of nitrogens with zero attached hydrogens (tertiary/aromatic N) is 1. The second-order valence-electron chi connectivity index (χ2n) is 4.96. The van der Waals surface area contributed by atoms with E-state index in [0.29, 0.717) is 24.8 Å². The van der Waals surface area contributed by atoms with E-state index in [1.807, 2.05) is 0 Å². The molecule has 2 unspecified atom stereocenters. The number of carbonyl (C=O) groups is 2. The fourth-order valence-electron chi connectivity index (χ4n) is 2.64. The van der Waals surface area contributed by atoms with Crippen LogP contribution in [-0.2, 0) is 9.59 Å². The number of likely N-dealkylation sites (tertiary alicyclic amines) is 1. The first kappa shape index (κ1) is 14.8. The zero-order chi connectivity index (χ0) is 14.9. The number of halogens is 2. The van der Waals surface area contributed by atoms with E-state index in [2.05, 4.69) is 0 Å². The standard InChI is InChI=1S/C14H15ClFNO3/c1-17-12(18)4-2-3-9(14(19)20)13(17)8-5-6-11(16)10(15)7-8/h5-7,9,13H,2-4H2,1H3,(H,19,20). The Morgan fingerprint density at radius 2 is 2.20 bits per heavy atom. The number of amides is 1. The molecule has 1 aromatic rings. The van der Waals surface area contributed by atoms with E-state index >= 15 is 0 Å². The number of carboxylic acids is 1. The van der Waals surface area contributed by atoms with E-state index in [1.165, 1.54) is 23.1 Å². The molecule has 2 rings (SSSR count). The van der Waals surface area contributed by atoms with Crippen molar-refractivity contribution < 1.29 is 19.1 Å². The molecule has 1 fully saturated rings. The molecule has 1 aliphatic heterocycles. The largest absolute Gasteiger partial charge is 0.481 e. The highest BCUT2D eigenvalue weighted by Gasteiger charge is 2.37. The maximum atomic E-state index is 13.2. The molecule has 1 saturated heterocycles. The number of carboxylic acid groups (broad SMARTS) is 1. The van der Waals surface area contributed by atoms with Gasteiger partial charge in [-0.25, -0.2) is 4.39 Å². The van der Waals surface area contributed by atoms with Crippen molar-refractivity contribution in [2.24, 2.45) is 5.92 Å². The van der Waals surface area contributed by atoms with E-state index in [9.17, 15) is 19.1 Å². The van der Waals surface area contributed by atoms with Gasteiger partial charge in [-0.1, -0.05) is 17.7 Å². The molecular weight excluding hydrogens is 285 g/mol. The van der Waals surface area contributed by atoms with Crippen molar-refractivity contribution >= 4 is 23.5 Å². The van der Waals surface area contributed by atoms with E-state index < -0.39 is 23.7 Å². The van der Waals surface area contributed by atoms with Gasteiger partial charge in [0.2, 0.25) is 5.91 Å². The molecule has 0 radical (unpaired) electrons. The highest BCUT2D eigenvalue weighted by Crippen LogP contribution is 2.36. The van der Waals surface area contributed by atoms with E-state index in [1.54, 1.807) is 7.05 Å². The highest BCUT2D eigenvalue weighted by molar-refractivity contribution is 6.30. The summed E-state index contributed by atoms with van der Waals surface area (Å²) in [6, 6.07) is 3.45. The van der Waals surface area contributed by atoms with Crippen LogP contribution in [0.5, 0.6) is 0 Å². The number of carbonyl (C=O) groups excluding carboxylic acids is 1. The summed E-state index contributed by atoms with van der Waals surface area (Å²) in [5, 5.41) is 9.31. The fourth-order valence-corrected chi connectivity index (χ4v) is 2.83. The Labute approximate surface area is 121 Å². The maximum absolute atomic E-state index is 13.2. The third-order valence-electron chi connectivity index (χ3n) is 3.70. The third-order valence-corrected chi connectivity index (χ3v) is 3.99. The van der Waals surface area contributed by atoms with Crippen molar-refractivity contribution in [3.63, 3.8) is 0 Å². The van der Waals surface area contributed by atoms with Crippen LogP contribution in [0, 0.1) is 11.7 Å². The molecule has 0 aliphatic carbocycles. The minimum atomic E-state index is -0.961. The number of rotatable bonds is 2. The molecule has 1 amide bonds. The molecule has 0 bridgehead atoms.